The van der Waals surface area contributed by atoms with E-state index < -0.39 is 5.82 Å². The van der Waals surface area contributed by atoms with Crippen LogP contribution in [0.4, 0.5) is 4.39 Å². The smallest absolute Gasteiger partial charge is 0.141 e. The van der Waals surface area contributed by atoms with E-state index in [2.05, 4.69) is 0 Å². The number of aromatic hydroxyl groups is 1. The van der Waals surface area contributed by atoms with Crippen LogP contribution < -0.4 is 0 Å². The van der Waals surface area contributed by atoms with Crippen molar-refractivity contribution in [3.05, 3.63) is 52.3 Å². The second-order valence-corrected chi connectivity index (χ2v) is 4.13. The zero-order valence-electron chi connectivity index (χ0n) is 8.05. The van der Waals surface area contributed by atoms with E-state index in [9.17, 15) is 9.50 Å². The average molecular weight is 257 g/mol. The molecule has 0 saturated heterocycles. The molecule has 0 heterocycles. The van der Waals surface area contributed by atoms with Crippen molar-refractivity contribution in [1.29, 1.82) is 0 Å². The lowest BCUT2D eigenvalue weighted by atomic mass is 10.0. The third kappa shape index (κ3) is 2.13. The number of rotatable bonds is 1. The molecule has 0 saturated carbocycles. The molecule has 0 aliphatic rings. The minimum Gasteiger partial charge on any atom is -0.507 e. The molecule has 0 aromatic heterocycles. The summed E-state index contributed by atoms with van der Waals surface area (Å²) in [5.74, 6) is -0.418. The molecule has 2 aromatic carbocycles. The Balaban J connectivity index is 2.58. The van der Waals surface area contributed by atoms with Crippen LogP contribution in [0.5, 0.6) is 5.75 Å². The molecular formula is C12H7Cl2FO. The molecule has 0 amide bonds. The Bertz CT molecular complexity index is 541. The van der Waals surface area contributed by atoms with Crippen LogP contribution in [-0.4, -0.2) is 5.11 Å². The molecule has 0 bridgehead atoms. The van der Waals surface area contributed by atoms with E-state index >= 15 is 0 Å². The molecule has 82 valence electrons. The van der Waals surface area contributed by atoms with Gasteiger partial charge in [0, 0.05) is 10.6 Å². The Hall–Kier alpha value is -1.25. The summed E-state index contributed by atoms with van der Waals surface area (Å²) < 4.78 is 13.0. The van der Waals surface area contributed by atoms with E-state index in [0.717, 1.165) is 0 Å². The molecule has 0 radical (unpaired) electrons. The molecule has 4 heteroatoms. The summed E-state index contributed by atoms with van der Waals surface area (Å²) in [6.45, 7) is 0. The summed E-state index contributed by atoms with van der Waals surface area (Å²) in [7, 11) is 0. The van der Waals surface area contributed by atoms with E-state index in [-0.39, 0.29) is 10.8 Å². The van der Waals surface area contributed by atoms with Crippen molar-refractivity contribution in [3.8, 4) is 16.9 Å². The standard InChI is InChI=1S/C12H7Cl2FO/c13-8-2-4-12(16)9(6-8)7-1-3-11(15)10(14)5-7/h1-6,16H. The molecule has 1 nitrogen and oxygen atoms in total. The fourth-order valence-electron chi connectivity index (χ4n) is 1.40. The summed E-state index contributed by atoms with van der Waals surface area (Å²) in [6, 6.07) is 8.88. The van der Waals surface area contributed by atoms with Gasteiger partial charge in [-0.15, -0.1) is 0 Å². The maximum absolute atomic E-state index is 13.0. The van der Waals surface area contributed by atoms with Gasteiger partial charge in [-0.05, 0) is 35.9 Å². The molecule has 0 aliphatic carbocycles. The molecule has 0 unspecified atom stereocenters. The third-order valence-electron chi connectivity index (χ3n) is 2.19. The molecule has 0 atom stereocenters. The van der Waals surface area contributed by atoms with Gasteiger partial charge in [0.05, 0.1) is 5.02 Å². The van der Waals surface area contributed by atoms with Crippen molar-refractivity contribution in [3.63, 3.8) is 0 Å². The van der Waals surface area contributed by atoms with Gasteiger partial charge in [-0.3, -0.25) is 0 Å². The van der Waals surface area contributed by atoms with E-state index in [0.29, 0.717) is 16.1 Å². The van der Waals surface area contributed by atoms with Gasteiger partial charge in [0.15, 0.2) is 0 Å². The zero-order valence-corrected chi connectivity index (χ0v) is 9.56. The molecule has 0 aliphatic heterocycles. The monoisotopic (exact) mass is 256 g/mol. The van der Waals surface area contributed by atoms with Crippen molar-refractivity contribution in [2.75, 3.05) is 0 Å². The Morgan fingerprint density at radius 2 is 1.75 bits per heavy atom. The van der Waals surface area contributed by atoms with Crippen molar-refractivity contribution in [1.82, 2.24) is 0 Å². The molecule has 2 rings (SSSR count). The third-order valence-corrected chi connectivity index (χ3v) is 2.71. The van der Waals surface area contributed by atoms with E-state index in [4.69, 9.17) is 23.2 Å². The summed E-state index contributed by atoms with van der Waals surface area (Å²) in [6.07, 6.45) is 0. The Labute approximate surface area is 102 Å². The van der Waals surface area contributed by atoms with Crippen LogP contribution in [0, 0.1) is 5.82 Å². The second kappa shape index (κ2) is 4.32. The Morgan fingerprint density at radius 3 is 2.44 bits per heavy atom. The van der Waals surface area contributed by atoms with Gasteiger partial charge >= 0.3 is 0 Å². The predicted molar refractivity (Wildman–Crippen MR) is 63.5 cm³/mol. The number of phenols is 1. The van der Waals surface area contributed by atoms with Crippen LogP contribution >= 0.6 is 23.2 Å². The van der Waals surface area contributed by atoms with E-state index in [1.165, 1.54) is 24.3 Å². The lowest BCUT2D eigenvalue weighted by Crippen LogP contribution is -1.82. The first-order valence-corrected chi connectivity index (χ1v) is 5.27. The zero-order chi connectivity index (χ0) is 11.7. The van der Waals surface area contributed by atoms with E-state index in [1.807, 2.05) is 0 Å². The Kier molecular flexibility index (Phi) is 3.03. The molecule has 1 N–H and O–H groups in total. The number of halogens is 3. The first kappa shape index (κ1) is 11.2. The Morgan fingerprint density at radius 1 is 1.00 bits per heavy atom. The normalized spacial score (nSPS) is 10.4. The fraction of sp³-hybridized carbons (Fsp3) is 0. The minimum absolute atomic E-state index is 0.0110. The van der Waals surface area contributed by atoms with Gasteiger partial charge in [0.2, 0.25) is 0 Å². The SMILES string of the molecule is Oc1ccc(Cl)cc1-c1ccc(F)c(Cl)c1. The van der Waals surface area contributed by atoms with Gasteiger partial charge in [-0.2, -0.15) is 0 Å². The van der Waals surface area contributed by atoms with E-state index in [1.54, 1.807) is 12.1 Å². The average Bonchev–Trinajstić information content (AvgIpc) is 2.26. The first-order valence-electron chi connectivity index (χ1n) is 4.52. The fourth-order valence-corrected chi connectivity index (χ4v) is 1.76. The minimum atomic E-state index is -0.494. The van der Waals surface area contributed by atoms with Gasteiger partial charge in [0.1, 0.15) is 11.6 Å². The van der Waals surface area contributed by atoms with Crippen LogP contribution in [-0.2, 0) is 0 Å². The number of hydrogen-bond donors (Lipinski definition) is 1. The number of phenolic OH excluding ortho intramolecular Hbond substituents is 1. The van der Waals surface area contributed by atoms with Crippen molar-refractivity contribution >= 4 is 23.2 Å². The molecule has 2 aromatic rings. The van der Waals surface area contributed by atoms with Crippen LogP contribution in [0.25, 0.3) is 11.1 Å². The van der Waals surface area contributed by atoms with Crippen LogP contribution in [0.3, 0.4) is 0 Å². The van der Waals surface area contributed by atoms with Crippen LogP contribution in [0.1, 0.15) is 0 Å². The summed E-state index contributed by atoms with van der Waals surface area (Å²) in [5.41, 5.74) is 1.14. The highest BCUT2D eigenvalue weighted by atomic mass is 35.5. The molecular weight excluding hydrogens is 250 g/mol. The highest BCUT2D eigenvalue weighted by Gasteiger charge is 2.07. The molecule has 16 heavy (non-hydrogen) atoms. The second-order valence-electron chi connectivity index (χ2n) is 3.29. The van der Waals surface area contributed by atoms with Gasteiger partial charge in [0.25, 0.3) is 0 Å². The first-order chi connectivity index (χ1) is 7.58. The number of benzene rings is 2. The van der Waals surface area contributed by atoms with Crippen molar-refractivity contribution in [2.24, 2.45) is 0 Å². The summed E-state index contributed by atoms with van der Waals surface area (Å²) in [5, 5.41) is 10.2. The summed E-state index contributed by atoms with van der Waals surface area (Å²) >= 11 is 11.5. The van der Waals surface area contributed by atoms with Crippen molar-refractivity contribution in [2.45, 2.75) is 0 Å². The van der Waals surface area contributed by atoms with Crippen molar-refractivity contribution < 1.29 is 9.50 Å². The van der Waals surface area contributed by atoms with Crippen LogP contribution in [0.2, 0.25) is 10.0 Å². The highest BCUT2D eigenvalue weighted by Crippen LogP contribution is 2.33. The summed E-state index contributed by atoms with van der Waals surface area (Å²) in [4.78, 5) is 0. The molecule has 0 fully saturated rings. The quantitative estimate of drug-likeness (QED) is 0.797. The highest BCUT2D eigenvalue weighted by molar-refractivity contribution is 6.31. The largest absolute Gasteiger partial charge is 0.507 e. The lowest BCUT2D eigenvalue weighted by Gasteiger charge is -2.06. The lowest BCUT2D eigenvalue weighted by molar-refractivity contribution is 0.477. The van der Waals surface area contributed by atoms with Gasteiger partial charge in [-0.25, -0.2) is 4.39 Å². The number of hydrogen-bond acceptors (Lipinski definition) is 1. The topological polar surface area (TPSA) is 20.2 Å². The van der Waals surface area contributed by atoms with Gasteiger partial charge in [-0.1, -0.05) is 29.3 Å². The van der Waals surface area contributed by atoms with Gasteiger partial charge < -0.3 is 5.11 Å². The van der Waals surface area contributed by atoms with Crippen LogP contribution in [0.15, 0.2) is 36.4 Å². The maximum Gasteiger partial charge on any atom is 0.141 e. The molecule has 0 spiro atoms. The maximum atomic E-state index is 13.0. The predicted octanol–water partition coefficient (Wildman–Crippen LogP) is 4.51.